The van der Waals surface area contributed by atoms with Crippen LogP contribution in [0, 0.1) is 11.7 Å². The van der Waals surface area contributed by atoms with E-state index in [9.17, 15) is 19.2 Å². The van der Waals surface area contributed by atoms with Crippen LogP contribution in [0.15, 0.2) is 115 Å². The monoisotopic (exact) mass is 662 g/mol. The van der Waals surface area contributed by atoms with Crippen LogP contribution < -0.4 is 18.9 Å². The molecule has 0 amide bonds. The fraction of sp³-hybridized carbons (Fsp3) is 0.150. The van der Waals surface area contributed by atoms with Gasteiger partial charge in [-0.2, -0.15) is 0 Å². The van der Waals surface area contributed by atoms with Crippen molar-refractivity contribution in [1.29, 1.82) is 0 Å². The first kappa shape index (κ1) is 35.8. The molecule has 0 heterocycles. The molecule has 0 saturated carbocycles. The van der Waals surface area contributed by atoms with Gasteiger partial charge < -0.3 is 18.9 Å². The van der Waals surface area contributed by atoms with Gasteiger partial charge in [0.1, 0.15) is 28.8 Å². The second-order valence-corrected chi connectivity index (χ2v) is 11.7. The van der Waals surface area contributed by atoms with Crippen molar-refractivity contribution in [2.75, 3.05) is 0 Å². The van der Waals surface area contributed by atoms with Crippen LogP contribution in [0.1, 0.15) is 34.6 Å². The SMILES string of the molecule is C=C(C)C(=O)Oc1ccc(-c2ccc(-c3ccc(-c4ccc(OC(=O)C(=C)C)cc4OC(=O)C(C)C)c(F)c3)cc2)c(OC(=O)C(=C)C)c1. The summed E-state index contributed by atoms with van der Waals surface area (Å²) >= 11 is 0. The summed E-state index contributed by atoms with van der Waals surface area (Å²) in [5.74, 6) is -3.05. The summed E-state index contributed by atoms with van der Waals surface area (Å²) < 4.78 is 37.5. The Balaban J connectivity index is 1.66. The quantitative estimate of drug-likeness (QED) is 0.0891. The first-order valence-corrected chi connectivity index (χ1v) is 15.2. The van der Waals surface area contributed by atoms with Crippen LogP contribution in [0.5, 0.6) is 23.0 Å². The molecule has 0 saturated heterocycles. The fourth-order valence-electron chi connectivity index (χ4n) is 4.32. The van der Waals surface area contributed by atoms with Gasteiger partial charge in [0, 0.05) is 45.5 Å². The molecule has 9 heteroatoms. The maximum atomic E-state index is 15.7. The van der Waals surface area contributed by atoms with E-state index in [0.717, 1.165) is 0 Å². The zero-order valence-electron chi connectivity index (χ0n) is 27.8. The topological polar surface area (TPSA) is 105 Å². The summed E-state index contributed by atoms with van der Waals surface area (Å²) in [4.78, 5) is 49.0. The van der Waals surface area contributed by atoms with E-state index in [1.54, 1.807) is 62.4 Å². The van der Waals surface area contributed by atoms with Crippen molar-refractivity contribution in [3.63, 3.8) is 0 Å². The van der Waals surface area contributed by atoms with Gasteiger partial charge in [0.2, 0.25) is 0 Å². The molecular formula is C40H35FO8. The number of esters is 4. The van der Waals surface area contributed by atoms with E-state index >= 15 is 4.39 Å². The third-order valence-electron chi connectivity index (χ3n) is 7.05. The number of carbonyl (C=O) groups excluding carboxylic acids is 4. The van der Waals surface area contributed by atoms with Crippen LogP contribution in [0.2, 0.25) is 0 Å². The maximum absolute atomic E-state index is 15.7. The Morgan fingerprint density at radius 1 is 0.531 bits per heavy atom. The third kappa shape index (κ3) is 8.84. The van der Waals surface area contributed by atoms with E-state index in [1.807, 2.05) is 0 Å². The van der Waals surface area contributed by atoms with Crippen LogP contribution in [-0.2, 0) is 19.2 Å². The smallest absolute Gasteiger partial charge is 0.338 e. The highest BCUT2D eigenvalue weighted by atomic mass is 19.1. The molecule has 0 atom stereocenters. The molecule has 0 aliphatic heterocycles. The first-order valence-electron chi connectivity index (χ1n) is 15.2. The van der Waals surface area contributed by atoms with Gasteiger partial charge in [0.25, 0.3) is 0 Å². The van der Waals surface area contributed by atoms with Crippen LogP contribution in [0.25, 0.3) is 33.4 Å². The largest absolute Gasteiger partial charge is 0.426 e. The number of hydrogen-bond acceptors (Lipinski definition) is 8. The molecule has 0 radical (unpaired) electrons. The highest BCUT2D eigenvalue weighted by molar-refractivity contribution is 5.92. The van der Waals surface area contributed by atoms with Gasteiger partial charge in [0.05, 0.1) is 5.92 Å². The van der Waals surface area contributed by atoms with E-state index in [2.05, 4.69) is 19.7 Å². The molecule has 0 aromatic heterocycles. The summed E-state index contributed by atoms with van der Waals surface area (Å²) in [5, 5.41) is 0. The van der Waals surface area contributed by atoms with E-state index in [-0.39, 0.29) is 50.8 Å². The molecule has 8 nitrogen and oxygen atoms in total. The fourth-order valence-corrected chi connectivity index (χ4v) is 4.32. The number of hydrogen-bond donors (Lipinski definition) is 0. The van der Waals surface area contributed by atoms with Crippen LogP contribution in [0.4, 0.5) is 4.39 Å². The van der Waals surface area contributed by atoms with Crippen molar-refractivity contribution in [2.45, 2.75) is 34.6 Å². The van der Waals surface area contributed by atoms with Crippen LogP contribution in [0.3, 0.4) is 0 Å². The molecule has 4 aromatic rings. The summed E-state index contributed by atoms with van der Waals surface area (Å²) in [6, 6.07) is 20.8. The number of benzene rings is 4. The van der Waals surface area contributed by atoms with Gasteiger partial charge in [-0.1, -0.05) is 70.0 Å². The Bertz CT molecular complexity index is 2000. The molecule has 0 aliphatic rings. The first-order chi connectivity index (χ1) is 23.1. The van der Waals surface area contributed by atoms with Crippen molar-refractivity contribution < 1.29 is 42.5 Å². The highest BCUT2D eigenvalue weighted by Crippen LogP contribution is 2.38. The second-order valence-electron chi connectivity index (χ2n) is 11.7. The highest BCUT2D eigenvalue weighted by Gasteiger charge is 2.20. The lowest BCUT2D eigenvalue weighted by atomic mass is 9.97. The third-order valence-corrected chi connectivity index (χ3v) is 7.05. The lowest BCUT2D eigenvalue weighted by Crippen LogP contribution is -2.15. The minimum atomic E-state index is -0.652. The lowest BCUT2D eigenvalue weighted by molar-refractivity contribution is -0.137. The number of carbonyl (C=O) groups is 4. The normalized spacial score (nSPS) is 10.6. The van der Waals surface area contributed by atoms with E-state index in [1.165, 1.54) is 51.1 Å². The van der Waals surface area contributed by atoms with Gasteiger partial charge in [-0.15, -0.1) is 0 Å². The molecule has 0 aliphatic carbocycles. The molecule has 250 valence electrons. The molecule has 0 N–H and O–H groups in total. The Morgan fingerprint density at radius 2 is 0.959 bits per heavy atom. The average Bonchev–Trinajstić information content (AvgIpc) is 3.05. The van der Waals surface area contributed by atoms with Crippen molar-refractivity contribution in [2.24, 2.45) is 5.92 Å². The average molecular weight is 663 g/mol. The standard InChI is InChI=1S/C40H35FO8/c1-22(2)37(42)46-29-14-17-31(35(20-29)48-39(44)24(5)6)27-11-9-26(10-12-27)28-13-16-32(34(41)19-28)33-18-15-30(47-38(43)23(3)4)21-36(33)49-40(45)25(7)8/h9-21,25H,1,3,5H2,2,4,6-8H3. The zero-order valence-corrected chi connectivity index (χ0v) is 27.8. The van der Waals surface area contributed by atoms with Gasteiger partial charge in [-0.3, -0.25) is 4.79 Å². The number of halogens is 1. The molecule has 0 unspecified atom stereocenters. The van der Waals surface area contributed by atoms with Crippen molar-refractivity contribution in [3.8, 4) is 56.4 Å². The number of ether oxygens (including phenoxy) is 4. The maximum Gasteiger partial charge on any atom is 0.338 e. The van der Waals surface area contributed by atoms with Gasteiger partial charge in [-0.05, 0) is 67.8 Å². The van der Waals surface area contributed by atoms with E-state index < -0.39 is 35.6 Å². The molecular weight excluding hydrogens is 627 g/mol. The Hall–Kier alpha value is -6.09. The Labute approximate surface area is 284 Å². The number of rotatable bonds is 11. The van der Waals surface area contributed by atoms with Gasteiger partial charge in [0.15, 0.2) is 0 Å². The van der Waals surface area contributed by atoms with E-state index in [0.29, 0.717) is 22.3 Å². The minimum absolute atomic E-state index is 0.0327. The second kappa shape index (κ2) is 15.2. The molecule has 4 rings (SSSR count). The summed E-state index contributed by atoms with van der Waals surface area (Å²) in [7, 11) is 0. The Morgan fingerprint density at radius 3 is 1.45 bits per heavy atom. The predicted molar refractivity (Wildman–Crippen MR) is 185 cm³/mol. The molecule has 0 spiro atoms. The predicted octanol–water partition coefficient (Wildman–Crippen LogP) is 8.83. The van der Waals surface area contributed by atoms with E-state index in [4.69, 9.17) is 18.9 Å². The molecule has 0 fully saturated rings. The van der Waals surface area contributed by atoms with Crippen molar-refractivity contribution in [1.82, 2.24) is 0 Å². The summed E-state index contributed by atoms with van der Waals surface area (Å²) in [6.45, 7) is 18.6. The zero-order chi connectivity index (χ0) is 36.0. The van der Waals surface area contributed by atoms with Crippen molar-refractivity contribution in [3.05, 3.63) is 121 Å². The summed E-state index contributed by atoms with van der Waals surface area (Å²) in [6.07, 6.45) is 0. The van der Waals surface area contributed by atoms with Crippen LogP contribution in [-0.4, -0.2) is 23.9 Å². The van der Waals surface area contributed by atoms with Gasteiger partial charge >= 0.3 is 23.9 Å². The molecule has 49 heavy (non-hydrogen) atoms. The van der Waals surface area contributed by atoms with Crippen molar-refractivity contribution >= 4 is 23.9 Å². The Kier molecular flexibility index (Phi) is 11.1. The van der Waals surface area contributed by atoms with Gasteiger partial charge in [-0.25, -0.2) is 18.8 Å². The van der Waals surface area contributed by atoms with Crippen LogP contribution >= 0.6 is 0 Å². The molecule has 4 aromatic carbocycles. The minimum Gasteiger partial charge on any atom is -0.426 e. The molecule has 0 bridgehead atoms. The lowest BCUT2D eigenvalue weighted by Gasteiger charge is -2.15. The summed E-state index contributed by atoms with van der Waals surface area (Å²) in [5.41, 5.74) is 3.50.